The van der Waals surface area contributed by atoms with E-state index in [1.54, 1.807) is 0 Å². The third kappa shape index (κ3) is 3.22. The molecule has 34 heavy (non-hydrogen) atoms. The normalized spacial score (nSPS) is 13.1. The van der Waals surface area contributed by atoms with Crippen LogP contribution in [0, 0.1) is 5.41 Å². The van der Waals surface area contributed by atoms with Crippen LogP contribution in [0.1, 0.15) is 31.9 Å². The molecule has 5 heteroatoms. The summed E-state index contributed by atoms with van der Waals surface area (Å²) in [5.74, 6) is 0. The van der Waals surface area contributed by atoms with E-state index in [9.17, 15) is 13.2 Å². The number of alkyl halides is 3. The highest BCUT2D eigenvalue weighted by molar-refractivity contribution is 6.17. The van der Waals surface area contributed by atoms with E-state index in [1.165, 1.54) is 11.6 Å². The Balaban J connectivity index is 1.85. The molecule has 0 spiro atoms. The molecule has 0 aliphatic heterocycles. The van der Waals surface area contributed by atoms with Gasteiger partial charge < -0.3 is 4.40 Å². The fraction of sp³-hybridized carbons (Fsp3) is 0.207. The van der Waals surface area contributed by atoms with Gasteiger partial charge >= 0.3 is 6.18 Å². The number of aromatic nitrogens is 2. The van der Waals surface area contributed by atoms with Crippen molar-refractivity contribution in [3.63, 3.8) is 0 Å². The van der Waals surface area contributed by atoms with Gasteiger partial charge in [0.05, 0.1) is 27.6 Å². The first-order chi connectivity index (χ1) is 16.1. The quantitative estimate of drug-likeness (QED) is 0.179. The highest BCUT2D eigenvalue weighted by atomic mass is 19.4. The summed E-state index contributed by atoms with van der Waals surface area (Å²) in [6.07, 6.45) is -2.65. The average Bonchev–Trinajstić information content (AvgIpc) is 3.17. The maximum atomic E-state index is 13.6. The number of hydrogen-bond donors (Lipinski definition) is 0. The number of fused-ring (bicyclic) bond motifs is 9. The van der Waals surface area contributed by atoms with Crippen LogP contribution in [0.3, 0.4) is 0 Å². The van der Waals surface area contributed by atoms with Gasteiger partial charge in [-0.1, -0.05) is 57.2 Å². The van der Waals surface area contributed by atoms with E-state index in [4.69, 9.17) is 0 Å². The van der Waals surface area contributed by atoms with Crippen molar-refractivity contribution in [2.45, 2.75) is 33.4 Å². The summed E-state index contributed by atoms with van der Waals surface area (Å²) in [5.41, 5.74) is 3.80. The van der Waals surface area contributed by atoms with E-state index < -0.39 is 11.7 Å². The second kappa shape index (κ2) is 6.95. The van der Waals surface area contributed by atoms with Crippen LogP contribution in [0.5, 0.6) is 0 Å². The third-order valence-corrected chi connectivity index (χ3v) is 6.51. The first-order valence-corrected chi connectivity index (χ1v) is 11.3. The summed E-state index contributed by atoms with van der Waals surface area (Å²) in [6.45, 7) is 6.58. The maximum absolute atomic E-state index is 13.6. The summed E-state index contributed by atoms with van der Waals surface area (Å²) in [7, 11) is 0. The van der Waals surface area contributed by atoms with Gasteiger partial charge in [-0.25, -0.2) is 0 Å². The van der Waals surface area contributed by atoms with Crippen molar-refractivity contribution >= 4 is 49.0 Å². The monoisotopic (exact) mass is 456 g/mol. The molecule has 6 aromatic rings. The largest absolute Gasteiger partial charge is 0.417 e. The Morgan fingerprint density at radius 3 is 2.12 bits per heavy atom. The highest BCUT2D eigenvalue weighted by Gasteiger charge is 2.31. The van der Waals surface area contributed by atoms with Crippen LogP contribution in [0.2, 0.25) is 0 Å². The molecule has 3 aromatic heterocycles. The van der Waals surface area contributed by atoms with Gasteiger partial charge in [0.1, 0.15) is 0 Å². The summed E-state index contributed by atoms with van der Waals surface area (Å²) in [5, 5.41) is 4.53. The van der Waals surface area contributed by atoms with Gasteiger partial charge in [0.25, 0.3) is 0 Å². The zero-order chi connectivity index (χ0) is 23.8. The number of hydrogen-bond acceptors (Lipinski definition) is 1. The Morgan fingerprint density at radius 1 is 0.735 bits per heavy atom. The van der Waals surface area contributed by atoms with Crippen molar-refractivity contribution in [2.24, 2.45) is 5.41 Å². The molecular weight excluding hydrogens is 433 g/mol. The molecule has 0 atom stereocenters. The molecule has 6 rings (SSSR count). The molecule has 0 unspecified atom stereocenters. The summed E-state index contributed by atoms with van der Waals surface area (Å²) < 4.78 is 43.0. The van der Waals surface area contributed by atoms with Gasteiger partial charge in [-0.2, -0.15) is 13.2 Å². The first-order valence-electron chi connectivity index (χ1n) is 11.3. The molecule has 3 heterocycles. The van der Waals surface area contributed by atoms with Gasteiger partial charge in [0.15, 0.2) is 0 Å². The van der Waals surface area contributed by atoms with E-state index in [1.807, 2.05) is 36.4 Å². The Bertz CT molecular complexity index is 1750. The lowest BCUT2D eigenvalue weighted by Crippen LogP contribution is -2.09. The van der Waals surface area contributed by atoms with Crippen molar-refractivity contribution in [3.8, 4) is 0 Å². The summed E-state index contributed by atoms with van der Waals surface area (Å²) in [4.78, 5) is 4.35. The van der Waals surface area contributed by atoms with Gasteiger partial charge in [-0.15, -0.1) is 0 Å². The topological polar surface area (TPSA) is 17.3 Å². The van der Waals surface area contributed by atoms with Gasteiger partial charge in [0, 0.05) is 22.4 Å². The molecule has 0 N–H and O–H groups in total. The van der Waals surface area contributed by atoms with Crippen LogP contribution in [-0.2, 0) is 12.6 Å². The van der Waals surface area contributed by atoms with E-state index in [2.05, 4.69) is 54.4 Å². The average molecular weight is 457 g/mol. The highest BCUT2D eigenvalue weighted by Crippen LogP contribution is 2.39. The SMILES string of the molecule is CC(C)(C)Cc1cccc2c1cc1c3cc(C(F)(F)F)cnc3c3cc4ccccc4cc3n21. The van der Waals surface area contributed by atoms with Crippen LogP contribution in [0.25, 0.3) is 49.0 Å². The molecule has 0 aliphatic rings. The van der Waals surface area contributed by atoms with E-state index in [-0.39, 0.29) is 5.41 Å². The van der Waals surface area contributed by atoms with Crippen LogP contribution >= 0.6 is 0 Å². The van der Waals surface area contributed by atoms with Crippen LogP contribution < -0.4 is 0 Å². The number of halogens is 3. The van der Waals surface area contributed by atoms with Crippen molar-refractivity contribution in [2.75, 3.05) is 0 Å². The van der Waals surface area contributed by atoms with Crippen LogP contribution in [0.4, 0.5) is 13.2 Å². The molecule has 0 radical (unpaired) electrons. The molecule has 0 aliphatic carbocycles. The zero-order valence-electron chi connectivity index (χ0n) is 19.2. The Labute approximate surface area is 194 Å². The molecule has 0 bridgehead atoms. The Morgan fingerprint density at radius 2 is 1.41 bits per heavy atom. The molecule has 170 valence electrons. The lowest BCUT2D eigenvalue weighted by molar-refractivity contribution is -0.137. The molecule has 3 aromatic carbocycles. The van der Waals surface area contributed by atoms with Crippen LogP contribution in [-0.4, -0.2) is 9.38 Å². The van der Waals surface area contributed by atoms with Crippen LogP contribution in [0.15, 0.2) is 72.9 Å². The smallest absolute Gasteiger partial charge is 0.308 e. The predicted octanol–water partition coefficient (Wildman–Crippen LogP) is 8.55. The predicted molar refractivity (Wildman–Crippen MR) is 133 cm³/mol. The Kier molecular flexibility index (Phi) is 4.29. The second-order valence-electron chi connectivity index (χ2n) is 10.3. The van der Waals surface area contributed by atoms with Crippen molar-refractivity contribution in [1.82, 2.24) is 9.38 Å². The molecule has 0 saturated heterocycles. The zero-order valence-corrected chi connectivity index (χ0v) is 19.2. The van der Waals surface area contributed by atoms with Gasteiger partial charge in [-0.05, 0) is 58.5 Å². The summed E-state index contributed by atoms with van der Waals surface area (Å²) >= 11 is 0. The van der Waals surface area contributed by atoms with Crippen molar-refractivity contribution < 1.29 is 13.2 Å². The first kappa shape index (κ1) is 21.0. The van der Waals surface area contributed by atoms with Gasteiger partial charge in [-0.3, -0.25) is 4.98 Å². The lowest BCUT2D eigenvalue weighted by Gasteiger charge is -2.18. The number of rotatable bonds is 1. The maximum Gasteiger partial charge on any atom is 0.417 e. The fourth-order valence-corrected chi connectivity index (χ4v) is 5.11. The minimum Gasteiger partial charge on any atom is -0.308 e. The van der Waals surface area contributed by atoms with Gasteiger partial charge in [0.2, 0.25) is 0 Å². The van der Waals surface area contributed by atoms with Crippen molar-refractivity contribution in [1.29, 1.82) is 0 Å². The summed E-state index contributed by atoms with van der Waals surface area (Å²) in [6, 6.07) is 21.7. The number of pyridine rings is 2. The number of benzene rings is 3. The lowest BCUT2D eigenvalue weighted by atomic mass is 9.87. The minimum absolute atomic E-state index is 0.0771. The molecule has 0 fully saturated rings. The van der Waals surface area contributed by atoms with E-state index in [0.29, 0.717) is 10.9 Å². The fourth-order valence-electron chi connectivity index (χ4n) is 5.11. The molecule has 0 amide bonds. The standard InChI is InChI=1S/C29H23F3N2/c1-28(2,3)15-19-9-6-10-24-21(19)14-26-23-13-20(29(30,31)32)16-33-27(23)22-11-17-7-4-5-8-18(17)12-25(22)34(24)26/h4-14,16H,15H2,1-3H3. The number of nitrogens with zero attached hydrogens (tertiary/aromatic N) is 2. The Hall–Kier alpha value is -3.60. The second-order valence-corrected chi connectivity index (χ2v) is 10.3. The molecular formula is C29H23F3N2. The molecule has 2 nitrogen and oxygen atoms in total. The third-order valence-electron chi connectivity index (χ3n) is 6.51. The molecule has 0 saturated carbocycles. The van der Waals surface area contributed by atoms with E-state index in [0.717, 1.165) is 50.7 Å². The van der Waals surface area contributed by atoms with Crippen molar-refractivity contribution in [3.05, 3.63) is 84.1 Å². The minimum atomic E-state index is -4.46. The van der Waals surface area contributed by atoms with E-state index >= 15 is 0 Å².